The first-order valence-electron chi connectivity index (χ1n) is 9.83. The van der Waals surface area contributed by atoms with E-state index >= 15 is 0 Å². The van der Waals surface area contributed by atoms with E-state index in [-0.39, 0.29) is 11.8 Å². The minimum absolute atomic E-state index is 0.187. The molecule has 31 heavy (non-hydrogen) atoms. The molecule has 4 rings (SSSR count). The van der Waals surface area contributed by atoms with E-state index in [0.717, 1.165) is 17.7 Å². The van der Waals surface area contributed by atoms with Crippen LogP contribution in [0.5, 0.6) is 11.5 Å². The van der Waals surface area contributed by atoms with Gasteiger partial charge in [-0.2, -0.15) is 0 Å². The minimum atomic E-state index is -0.549. The first kappa shape index (κ1) is 20.8. The number of nitrogens with zero attached hydrogens (tertiary/aromatic N) is 3. The summed E-state index contributed by atoms with van der Waals surface area (Å²) < 4.78 is 10.4. The highest BCUT2D eigenvalue weighted by Crippen LogP contribution is 2.29. The summed E-state index contributed by atoms with van der Waals surface area (Å²) in [6.45, 7) is 0.529. The third-order valence-electron chi connectivity index (χ3n) is 5.13. The van der Waals surface area contributed by atoms with Crippen molar-refractivity contribution in [2.45, 2.75) is 18.9 Å². The smallest absolute Gasteiger partial charge is 0.254 e. The van der Waals surface area contributed by atoms with Crippen LogP contribution in [0.2, 0.25) is 0 Å². The number of benzene rings is 2. The summed E-state index contributed by atoms with van der Waals surface area (Å²) in [6.07, 6.45) is 1.37. The van der Waals surface area contributed by atoms with Crippen molar-refractivity contribution in [3.05, 3.63) is 54.1 Å². The fraction of sp³-hybridized carbons (Fsp3) is 0.273. The van der Waals surface area contributed by atoms with Gasteiger partial charge in [0.1, 0.15) is 22.5 Å². The van der Waals surface area contributed by atoms with Crippen LogP contribution in [0.1, 0.15) is 23.2 Å². The van der Waals surface area contributed by atoms with Gasteiger partial charge in [-0.1, -0.05) is 17.4 Å². The Hall–Kier alpha value is -3.46. The number of amides is 2. The topological polar surface area (TPSA) is 93.7 Å². The fourth-order valence-corrected chi connectivity index (χ4v) is 4.27. The molecule has 8 nitrogen and oxygen atoms in total. The lowest BCUT2D eigenvalue weighted by Gasteiger charge is -2.23. The van der Waals surface area contributed by atoms with Crippen molar-refractivity contribution in [3.63, 3.8) is 0 Å². The summed E-state index contributed by atoms with van der Waals surface area (Å²) in [4.78, 5) is 27.5. The largest absolute Gasteiger partial charge is 0.497 e. The Bertz CT molecular complexity index is 1080. The molecule has 0 bridgehead atoms. The van der Waals surface area contributed by atoms with E-state index in [4.69, 9.17) is 9.47 Å². The minimum Gasteiger partial charge on any atom is -0.497 e. The van der Waals surface area contributed by atoms with Gasteiger partial charge in [-0.05, 0) is 55.3 Å². The van der Waals surface area contributed by atoms with E-state index in [1.165, 1.54) is 11.3 Å². The molecule has 2 heterocycles. The molecule has 1 N–H and O–H groups in total. The Morgan fingerprint density at radius 3 is 2.58 bits per heavy atom. The second-order valence-electron chi connectivity index (χ2n) is 7.02. The van der Waals surface area contributed by atoms with E-state index in [1.807, 2.05) is 24.3 Å². The third-order valence-corrected chi connectivity index (χ3v) is 6.01. The van der Waals surface area contributed by atoms with Crippen molar-refractivity contribution in [2.24, 2.45) is 0 Å². The van der Waals surface area contributed by atoms with Crippen LogP contribution in [-0.2, 0) is 4.79 Å². The highest BCUT2D eigenvalue weighted by Gasteiger charge is 2.35. The molecule has 1 atom stereocenters. The third kappa shape index (κ3) is 4.51. The number of hydrogen-bond acceptors (Lipinski definition) is 7. The van der Waals surface area contributed by atoms with E-state index in [0.29, 0.717) is 34.4 Å². The Morgan fingerprint density at radius 1 is 1.06 bits per heavy atom. The van der Waals surface area contributed by atoms with Gasteiger partial charge in [0.2, 0.25) is 11.0 Å². The van der Waals surface area contributed by atoms with Crippen LogP contribution >= 0.6 is 11.3 Å². The van der Waals surface area contributed by atoms with Crippen LogP contribution in [0.3, 0.4) is 0 Å². The van der Waals surface area contributed by atoms with Crippen LogP contribution in [0.15, 0.2) is 48.5 Å². The molecule has 0 saturated carbocycles. The summed E-state index contributed by atoms with van der Waals surface area (Å²) in [5.74, 6) is 0.911. The number of carbonyl (C=O) groups excluding carboxylic acids is 2. The molecular weight excluding hydrogens is 416 g/mol. The second-order valence-corrected chi connectivity index (χ2v) is 8.00. The van der Waals surface area contributed by atoms with Gasteiger partial charge in [0.05, 0.1) is 14.2 Å². The molecule has 1 fully saturated rings. The monoisotopic (exact) mass is 438 g/mol. The van der Waals surface area contributed by atoms with Gasteiger partial charge in [-0.3, -0.25) is 14.9 Å². The Labute approximate surface area is 183 Å². The highest BCUT2D eigenvalue weighted by atomic mass is 32.1. The molecule has 1 saturated heterocycles. The van der Waals surface area contributed by atoms with Crippen LogP contribution in [0, 0.1) is 0 Å². The number of rotatable bonds is 6. The standard InChI is InChI=1S/C22H22N4O4S/c1-29-16-10-8-14(9-11-16)20-24-25-22(31-20)23-19(27)18-7-4-12-26(18)21(28)15-5-3-6-17(13-15)30-2/h3,5-6,8-11,13,18H,4,7,12H2,1-2H3,(H,23,25,27). The van der Waals surface area contributed by atoms with Crippen LogP contribution in [-0.4, -0.2) is 53.7 Å². The quantitative estimate of drug-likeness (QED) is 0.633. The fourth-order valence-electron chi connectivity index (χ4n) is 3.52. The molecule has 3 aromatic rings. The normalized spacial score (nSPS) is 15.5. The zero-order valence-corrected chi connectivity index (χ0v) is 18.0. The maximum absolute atomic E-state index is 13.0. The molecule has 0 spiro atoms. The first-order chi connectivity index (χ1) is 15.1. The van der Waals surface area contributed by atoms with Gasteiger partial charge in [0, 0.05) is 17.7 Å². The molecule has 160 valence electrons. The van der Waals surface area contributed by atoms with Crippen LogP contribution < -0.4 is 14.8 Å². The molecule has 2 aromatic carbocycles. The molecule has 1 unspecified atom stereocenters. The zero-order valence-electron chi connectivity index (χ0n) is 17.2. The summed E-state index contributed by atoms with van der Waals surface area (Å²) >= 11 is 1.28. The van der Waals surface area contributed by atoms with Gasteiger partial charge in [-0.15, -0.1) is 10.2 Å². The lowest BCUT2D eigenvalue weighted by Crippen LogP contribution is -2.43. The number of likely N-dealkylation sites (tertiary alicyclic amines) is 1. The number of carbonyl (C=O) groups is 2. The number of methoxy groups -OCH3 is 2. The summed E-state index contributed by atoms with van der Waals surface area (Å²) in [6, 6.07) is 13.9. The number of ether oxygens (including phenoxy) is 2. The van der Waals surface area contributed by atoms with Gasteiger partial charge < -0.3 is 14.4 Å². The maximum atomic E-state index is 13.0. The maximum Gasteiger partial charge on any atom is 0.254 e. The van der Waals surface area contributed by atoms with Gasteiger partial charge in [0.25, 0.3) is 5.91 Å². The molecule has 1 aliphatic rings. The molecule has 1 aromatic heterocycles. The molecule has 2 amide bonds. The van der Waals surface area contributed by atoms with Crippen LogP contribution in [0.4, 0.5) is 5.13 Å². The van der Waals surface area contributed by atoms with Crippen molar-refractivity contribution in [1.29, 1.82) is 0 Å². The highest BCUT2D eigenvalue weighted by molar-refractivity contribution is 7.18. The Morgan fingerprint density at radius 2 is 1.84 bits per heavy atom. The van der Waals surface area contributed by atoms with Crippen molar-refractivity contribution in [2.75, 3.05) is 26.1 Å². The Balaban J connectivity index is 1.45. The summed E-state index contributed by atoms with van der Waals surface area (Å²) in [5.41, 5.74) is 1.38. The zero-order chi connectivity index (χ0) is 21.8. The van der Waals surface area contributed by atoms with E-state index in [1.54, 1.807) is 43.4 Å². The lowest BCUT2D eigenvalue weighted by molar-refractivity contribution is -0.119. The molecule has 1 aliphatic heterocycles. The first-order valence-corrected chi connectivity index (χ1v) is 10.6. The summed E-state index contributed by atoms with van der Waals surface area (Å²) in [7, 11) is 3.16. The predicted octanol–water partition coefficient (Wildman–Crippen LogP) is 3.47. The van der Waals surface area contributed by atoms with Gasteiger partial charge in [-0.25, -0.2) is 0 Å². The van der Waals surface area contributed by atoms with Crippen molar-refractivity contribution in [3.8, 4) is 22.1 Å². The number of aromatic nitrogens is 2. The van der Waals surface area contributed by atoms with Crippen LogP contribution in [0.25, 0.3) is 10.6 Å². The summed E-state index contributed by atoms with van der Waals surface area (Å²) in [5, 5.41) is 12.1. The molecule has 0 radical (unpaired) electrons. The number of hydrogen-bond donors (Lipinski definition) is 1. The molecule has 0 aliphatic carbocycles. The SMILES string of the molecule is COc1ccc(-c2nnc(NC(=O)C3CCCN3C(=O)c3cccc(OC)c3)s2)cc1. The average Bonchev–Trinajstić information content (AvgIpc) is 3.48. The van der Waals surface area contributed by atoms with Crippen molar-refractivity contribution < 1.29 is 19.1 Å². The number of nitrogens with one attached hydrogen (secondary N) is 1. The lowest BCUT2D eigenvalue weighted by atomic mass is 10.1. The van der Waals surface area contributed by atoms with E-state index in [9.17, 15) is 9.59 Å². The van der Waals surface area contributed by atoms with Crippen molar-refractivity contribution >= 4 is 28.3 Å². The second kappa shape index (κ2) is 9.13. The molecular formula is C22H22N4O4S. The average molecular weight is 439 g/mol. The predicted molar refractivity (Wildman–Crippen MR) is 118 cm³/mol. The van der Waals surface area contributed by atoms with Crippen molar-refractivity contribution in [1.82, 2.24) is 15.1 Å². The van der Waals surface area contributed by atoms with E-state index in [2.05, 4.69) is 15.5 Å². The number of anilines is 1. The van der Waals surface area contributed by atoms with Gasteiger partial charge in [0.15, 0.2) is 0 Å². The molecule has 9 heteroatoms. The van der Waals surface area contributed by atoms with E-state index < -0.39 is 6.04 Å². The Kier molecular flexibility index (Phi) is 6.13. The van der Waals surface area contributed by atoms with Gasteiger partial charge >= 0.3 is 0 Å².